The highest BCUT2D eigenvalue weighted by Gasteiger charge is 2.24. The Morgan fingerprint density at radius 1 is 1.00 bits per heavy atom. The van der Waals surface area contributed by atoms with Gasteiger partial charge in [-0.05, 0) is 44.4 Å². The van der Waals surface area contributed by atoms with E-state index in [2.05, 4.69) is 5.32 Å². The van der Waals surface area contributed by atoms with E-state index >= 15 is 0 Å². The van der Waals surface area contributed by atoms with E-state index in [-0.39, 0.29) is 18.1 Å². The van der Waals surface area contributed by atoms with Gasteiger partial charge in [0.05, 0.1) is 13.2 Å². The summed E-state index contributed by atoms with van der Waals surface area (Å²) >= 11 is 0. The Bertz CT molecular complexity index is 268. The first-order chi connectivity index (χ1) is 9.65. The monoisotopic (exact) mass is 285 g/mol. The summed E-state index contributed by atoms with van der Waals surface area (Å²) in [6.07, 6.45) is 5.62. The van der Waals surface area contributed by atoms with Crippen LogP contribution in [0.15, 0.2) is 0 Å². The molecule has 1 aliphatic rings. The molecule has 1 N–H and O–H groups in total. The van der Waals surface area contributed by atoms with Crippen LogP contribution in [0.5, 0.6) is 0 Å². The highest BCUT2D eigenvalue weighted by atomic mass is 16.5. The lowest BCUT2D eigenvalue weighted by atomic mass is 9.84. The Balaban J connectivity index is 2.16. The second kappa shape index (κ2) is 9.61. The van der Waals surface area contributed by atoms with Gasteiger partial charge in [-0.25, -0.2) is 4.79 Å². The SMILES string of the molecule is CCCOC(=O)CC1CCC(NC(=O)OCCC)CC1. The molecule has 1 fully saturated rings. The lowest BCUT2D eigenvalue weighted by Crippen LogP contribution is -2.38. The van der Waals surface area contributed by atoms with Crippen LogP contribution in [0, 0.1) is 5.92 Å². The quantitative estimate of drug-likeness (QED) is 0.730. The van der Waals surface area contributed by atoms with Gasteiger partial charge in [0.1, 0.15) is 0 Å². The largest absolute Gasteiger partial charge is 0.466 e. The van der Waals surface area contributed by atoms with Crippen LogP contribution in [0.3, 0.4) is 0 Å². The van der Waals surface area contributed by atoms with Crippen LogP contribution in [-0.4, -0.2) is 31.3 Å². The number of amides is 1. The number of alkyl carbamates (subject to hydrolysis) is 1. The number of hydrogen-bond donors (Lipinski definition) is 1. The molecule has 0 heterocycles. The van der Waals surface area contributed by atoms with Crippen LogP contribution < -0.4 is 5.32 Å². The number of esters is 1. The van der Waals surface area contributed by atoms with E-state index in [0.717, 1.165) is 38.5 Å². The van der Waals surface area contributed by atoms with E-state index in [4.69, 9.17) is 9.47 Å². The minimum Gasteiger partial charge on any atom is -0.466 e. The summed E-state index contributed by atoms with van der Waals surface area (Å²) < 4.78 is 10.1. The molecule has 1 aliphatic carbocycles. The highest BCUT2D eigenvalue weighted by Crippen LogP contribution is 2.27. The zero-order valence-corrected chi connectivity index (χ0v) is 12.7. The summed E-state index contributed by atoms with van der Waals surface area (Å²) in [5, 5.41) is 2.88. The van der Waals surface area contributed by atoms with Crippen molar-refractivity contribution >= 4 is 12.1 Å². The zero-order valence-electron chi connectivity index (χ0n) is 12.7. The van der Waals surface area contributed by atoms with Crippen molar-refractivity contribution in [2.24, 2.45) is 5.92 Å². The fraction of sp³-hybridized carbons (Fsp3) is 0.867. The second-order valence-electron chi connectivity index (χ2n) is 5.42. The van der Waals surface area contributed by atoms with Gasteiger partial charge in [0.15, 0.2) is 0 Å². The Hall–Kier alpha value is -1.26. The Labute approximate surface area is 121 Å². The lowest BCUT2D eigenvalue weighted by molar-refractivity contribution is -0.145. The van der Waals surface area contributed by atoms with Gasteiger partial charge in [-0.1, -0.05) is 13.8 Å². The van der Waals surface area contributed by atoms with Crippen LogP contribution in [-0.2, 0) is 14.3 Å². The fourth-order valence-electron chi connectivity index (χ4n) is 2.42. The van der Waals surface area contributed by atoms with E-state index in [1.807, 2.05) is 13.8 Å². The Morgan fingerprint density at radius 2 is 1.60 bits per heavy atom. The van der Waals surface area contributed by atoms with Gasteiger partial charge in [-0.3, -0.25) is 4.79 Å². The molecule has 5 nitrogen and oxygen atoms in total. The molecule has 0 aliphatic heterocycles. The number of nitrogens with one attached hydrogen (secondary N) is 1. The lowest BCUT2D eigenvalue weighted by Gasteiger charge is -2.28. The Morgan fingerprint density at radius 3 is 2.20 bits per heavy atom. The maximum absolute atomic E-state index is 11.5. The number of carbonyl (C=O) groups excluding carboxylic acids is 2. The molecule has 0 aromatic carbocycles. The molecular formula is C15H27NO4. The molecule has 0 aromatic rings. The van der Waals surface area contributed by atoms with E-state index in [1.165, 1.54) is 0 Å². The molecular weight excluding hydrogens is 258 g/mol. The summed E-state index contributed by atoms with van der Waals surface area (Å²) in [4.78, 5) is 23.0. The molecule has 0 aromatic heterocycles. The van der Waals surface area contributed by atoms with Crippen LogP contribution in [0.25, 0.3) is 0 Å². The molecule has 0 unspecified atom stereocenters. The third-order valence-corrected chi connectivity index (χ3v) is 3.53. The smallest absolute Gasteiger partial charge is 0.407 e. The number of carbonyl (C=O) groups is 2. The average molecular weight is 285 g/mol. The molecule has 0 bridgehead atoms. The molecule has 0 atom stereocenters. The van der Waals surface area contributed by atoms with Gasteiger partial charge in [0.2, 0.25) is 0 Å². The van der Waals surface area contributed by atoms with E-state index in [1.54, 1.807) is 0 Å². The van der Waals surface area contributed by atoms with Crippen molar-refractivity contribution in [2.75, 3.05) is 13.2 Å². The molecule has 116 valence electrons. The predicted molar refractivity (Wildman–Crippen MR) is 76.4 cm³/mol. The maximum atomic E-state index is 11.5. The van der Waals surface area contributed by atoms with E-state index < -0.39 is 0 Å². The molecule has 0 spiro atoms. The summed E-state index contributed by atoms with van der Waals surface area (Å²) in [6.45, 7) is 4.93. The van der Waals surface area contributed by atoms with E-state index in [9.17, 15) is 9.59 Å². The van der Waals surface area contributed by atoms with Crippen molar-refractivity contribution in [3.63, 3.8) is 0 Å². The number of hydrogen-bond acceptors (Lipinski definition) is 4. The second-order valence-corrected chi connectivity index (χ2v) is 5.42. The van der Waals surface area contributed by atoms with Crippen LogP contribution >= 0.6 is 0 Å². The number of ether oxygens (including phenoxy) is 2. The molecule has 5 heteroatoms. The van der Waals surface area contributed by atoms with Crippen molar-refractivity contribution in [1.29, 1.82) is 0 Å². The maximum Gasteiger partial charge on any atom is 0.407 e. The third-order valence-electron chi connectivity index (χ3n) is 3.53. The summed E-state index contributed by atoms with van der Waals surface area (Å²) in [7, 11) is 0. The predicted octanol–water partition coefficient (Wildman–Crippen LogP) is 3.02. The summed E-state index contributed by atoms with van der Waals surface area (Å²) in [6, 6.07) is 0.183. The fourth-order valence-corrected chi connectivity index (χ4v) is 2.42. The number of rotatable bonds is 7. The van der Waals surface area contributed by atoms with Crippen molar-refractivity contribution in [1.82, 2.24) is 5.32 Å². The average Bonchev–Trinajstić information content (AvgIpc) is 2.45. The van der Waals surface area contributed by atoms with E-state index in [0.29, 0.717) is 25.6 Å². The Kier molecular flexibility index (Phi) is 8.07. The van der Waals surface area contributed by atoms with Gasteiger partial charge in [0.25, 0.3) is 0 Å². The first kappa shape index (κ1) is 16.8. The molecule has 0 radical (unpaired) electrons. The van der Waals surface area contributed by atoms with Crippen LogP contribution in [0.1, 0.15) is 58.8 Å². The first-order valence-corrected chi connectivity index (χ1v) is 7.74. The highest BCUT2D eigenvalue weighted by molar-refractivity contribution is 5.69. The summed E-state index contributed by atoms with van der Waals surface area (Å²) in [5.41, 5.74) is 0. The minimum absolute atomic E-state index is 0.0920. The molecule has 1 amide bonds. The molecule has 1 saturated carbocycles. The standard InChI is InChI=1S/C15H27NO4/c1-3-9-19-14(17)11-12-5-7-13(8-6-12)16-15(18)20-10-4-2/h12-13H,3-11H2,1-2H3,(H,16,18). The van der Waals surface area contributed by atoms with Crippen molar-refractivity contribution < 1.29 is 19.1 Å². The minimum atomic E-state index is -0.322. The third kappa shape index (κ3) is 6.78. The first-order valence-electron chi connectivity index (χ1n) is 7.74. The van der Waals surface area contributed by atoms with Gasteiger partial charge in [0, 0.05) is 12.5 Å². The van der Waals surface area contributed by atoms with Crippen molar-refractivity contribution in [3.05, 3.63) is 0 Å². The molecule has 20 heavy (non-hydrogen) atoms. The van der Waals surface area contributed by atoms with Crippen LogP contribution in [0.4, 0.5) is 4.79 Å². The molecule has 0 saturated heterocycles. The molecule has 1 rings (SSSR count). The van der Waals surface area contributed by atoms with Gasteiger partial charge in [-0.2, -0.15) is 0 Å². The van der Waals surface area contributed by atoms with Crippen molar-refractivity contribution in [2.45, 2.75) is 64.8 Å². The normalized spacial score (nSPS) is 22.1. The zero-order chi connectivity index (χ0) is 14.8. The summed E-state index contributed by atoms with van der Waals surface area (Å²) in [5.74, 6) is 0.301. The van der Waals surface area contributed by atoms with Crippen LogP contribution in [0.2, 0.25) is 0 Å². The van der Waals surface area contributed by atoms with Gasteiger partial charge < -0.3 is 14.8 Å². The van der Waals surface area contributed by atoms with Crippen molar-refractivity contribution in [3.8, 4) is 0 Å². The topological polar surface area (TPSA) is 64.6 Å². The van der Waals surface area contributed by atoms with Gasteiger partial charge >= 0.3 is 12.1 Å². The van der Waals surface area contributed by atoms with Gasteiger partial charge in [-0.15, -0.1) is 0 Å².